The van der Waals surface area contributed by atoms with Gasteiger partial charge in [0, 0.05) is 10.7 Å². The molecule has 0 aliphatic carbocycles. The summed E-state index contributed by atoms with van der Waals surface area (Å²) in [7, 11) is -3.56. The van der Waals surface area contributed by atoms with Crippen molar-refractivity contribution in [1.29, 1.82) is 0 Å². The van der Waals surface area contributed by atoms with Crippen LogP contribution < -0.4 is 5.32 Å². The number of H-pyrrole nitrogens is 1. The van der Waals surface area contributed by atoms with Crippen molar-refractivity contribution in [2.24, 2.45) is 0 Å². The summed E-state index contributed by atoms with van der Waals surface area (Å²) in [5.74, 6) is 0.586. The van der Waals surface area contributed by atoms with E-state index in [1.54, 1.807) is 36.4 Å². The van der Waals surface area contributed by atoms with E-state index < -0.39 is 9.84 Å². The van der Waals surface area contributed by atoms with E-state index in [2.05, 4.69) is 25.9 Å². The first-order valence-corrected chi connectivity index (χ1v) is 8.49. The number of benzene rings is 2. The number of aromatic nitrogens is 4. The lowest BCUT2D eigenvalue weighted by atomic mass is 10.3. The molecule has 2 aromatic carbocycles. The standard InChI is InChI=1S/C14H12ClN5O2S/c15-10-1-5-12(6-2-10)23(21,22)13-7-3-11(4-8-13)16-9-14-17-19-20-18-14/h1-8,16H,9H2,(H,17,18,19,20). The van der Waals surface area contributed by atoms with E-state index in [4.69, 9.17) is 11.6 Å². The minimum atomic E-state index is -3.56. The predicted octanol–water partition coefficient (Wildman–Crippen LogP) is 2.30. The number of rotatable bonds is 5. The van der Waals surface area contributed by atoms with Gasteiger partial charge < -0.3 is 5.32 Å². The van der Waals surface area contributed by atoms with Crippen molar-refractivity contribution in [3.8, 4) is 0 Å². The largest absolute Gasteiger partial charge is 0.378 e. The summed E-state index contributed by atoms with van der Waals surface area (Å²) in [5, 5.41) is 16.9. The van der Waals surface area contributed by atoms with Gasteiger partial charge in [0.15, 0.2) is 5.82 Å². The zero-order chi connectivity index (χ0) is 16.3. The number of hydrogen-bond donors (Lipinski definition) is 2. The Hall–Kier alpha value is -2.45. The Labute approximate surface area is 137 Å². The van der Waals surface area contributed by atoms with E-state index in [1.807, 2.05) is 0 Å². The van der Waals surface area contributed by atoms with Crippen LogP contribution in [0.4, 0.5) is 5.69 Å². The molecule has 0 saturated heterocycles. The van der Waals surface area contributed by atoms with Gasteiger partial charge in [0.1, 0.15) is 0 Å². The molecule has 1 heterocycles. The zero-order valence-corrected chi connectivity index (χ0v) is 13.3. The molecule has 1 aromatic heterocycles. The van der Waals surface area contributed by atoms with Gasteiger partial charge in [-0.2, -0.15) is 0 Å². The van der Waals surface area contributed by atoms with E-state index in [-0.39, 0.29) is 9.79 Å². The van der Waals surface area contributed by atoms with E-state index in [9.17, 15) is 8.42 Å². The Morgan fingerprint density at radius 2 is 1.61 bits per heavy atom. The lowest BCUT2D eigenvalue weighted by Gasteiger charge is -2.07. The molecule has 3 rings (SSSR count). The quantitative estimate of drug-likeness (QED) is 0.733. The van der Waals surface area contributed by atoms with Crippen LogP contribution in [0.1, 0.15) is 5.82 Å². The highest BCUT2D eigenvalue weighted by Crippen LogP contribution is 2.23. The summed E-state index contributed by atoms with van der Waals surface area (Å²) in [6, 6.07) is 12.5. The molecule has 0 spiro atoms. The first-order chi connectivity index (χ1) is 11.1. The lowest BCUT2D eigenvalue weighted by molar-refractivity contribution is 0.596. The molecule has 7 nitrogen and oxygen atoms in total. The molecular formula is C14H12ClN5O2S. The second-order valence-corrected chi connectivity index (χ2v) is 7.07. The van der Waals surface area contributed by atoms with Gasteiger partial charge in [0.05, 0.1) is 16.3 Å². The average Bonchev–Trinajstić information content (AvgIpc) is 3.07. The summed E-state index contributed by atoms with van der Waals surface area (Å²) < 4.78 is 25.0. The number of nitrogens with one attached hydrogen (secondary N) is 2. The van der Waals surface area contributed by atoms with Gasteiger partial charge in [-0.05, 0) is 59.0 Å². The van der Waals surface area contributed by atoms with E-state index in [0.29, 0.717) is 17.4 Å². The molecule has 0 fully saturated rings. The highest BCUT2D eigenvalue weighted by atomic mass is 35.5. The second kappa shape index (κ2) is 6.35. The molecule has 23 heavy (non-hydrogen) atoms. The molecule has 118 valence electrons. The van der Waals surface area contributed by atoms with Crippen LogP contribution in [-0.4, -0.2) is 29.0 Å². The van der Waals surface area contributed by atoms with Crippen molar-refractivity contribution in [1.82, 2.24) is 20.6 Å². The first kappa shape index (κ1) is 15.4. The number of hydrogen-bond acceptors (Lipinski definition) is 6. The topological polar surface area (TPSA) is 101 Å². The van der Waals surface area contributed by atoms with Crippen molar-refractivity contribution in [3.05, 3.63) is 59.4 Å². The number of aromatic amines is 1. The van der Waals surface area contributed by atoms with Gasteiger partial charge in [-0.25, -0.2) is 13.5 Å². The maximum absolute atomic E-state index is 12.5. The third-order valence-corrected chi connectivity index (χ3v) is 5.18. The molecule has 0 bridgehead atoms. The normalized spacial score (nSPS) is 11.3. The molecule has 2 N–H and O–H groups in total. The van der Waals surface area contributed by atoms with Gasteiger partial charge in [0.25, 0.3) is 0 Å². The summed E-state index contributed by atoms with van der Waals surface area (Å²) >= 11 is 5.79. The lowest BCUT2D eigenvalue weighted by Crippen LogP contribution is -2.04. The summed E-state index contributed by atoms with van der Waals surface area (Å²) in [5.41, 5.74) is 0.761. The average molecular weight is 350 g/mol. The Bertz CT molecular complexity index is 878. The minimum Gasteiger partial charge on any atom is -0.378 e. The fourth-order valence-corrected chi connectivity index (χ4v) is 3.33. The summed E-state index contributed by atoms with van der Waals surface area (Å²) in [6.45, 7) is 0.413. The minimum absolute atomic E-state index is 0.204. The monoisotopic (exact) mass is 349 g/mol. The van der Waals surface area contributed by atoms with Crippen LogP contribution in [0, 0.1) is 0 Å². The Balaban J connectivity index is 1.77. The van der Waals surface area contributed by atoms with Crippen molar-refractivity contribution >= 4 is 27.1 Å². The van der Waals surface area contributed by atoms with Crippen LogP contribution in [0.15, 0.2) is 58.3 Å². The van der Waals surface area contributed by atoms with Crippen molar-refractivity contribution in [3.63, 3.8) is 0 Å². The molecule has 0 amide bonds. The van der Waals surface area contributed by atoms with E-state index in [1.165, 1.54) is 12.1 Å². The fraction of sp³-hybridized carbons (Fsp3) is 0.0714. The molecule has 0 unspecified atom stereocenters. The number of nitrogens with zero attached hydrogens (tertiary/aromatic N) is 3. The van der Waals surface area contributed by atoms with Crippen molar-refractivity contribution in [2.75, 3.05) is 5.32 Å². The third-order valence-electron chi connectivity index (χ3n) is 3.14. The van der Waals surface area contributed by atoms with Crippen LogP contribution in [0.5, 0.6) is 0 Å². The molecule has 0 radical (unpaired) electrons. The second-order valence-electron chi connectivity index (χ2n) is 4.68. The highest BCUT2D eigenvalue weighted by Gasteiger charge is 2.17. The fourth-order valence-electron chi connectivity index (χ4n) is 1.94. The number of tetrazole rings is 1. The zero-order valence-electron chi connectivity index (χ0n) is 11.8. The van der Waals surface area contributed by atoms with Gasteiger partial charge >= 0.3 is 0 Å². The van der Waals surface area contributed by atoms with Gasteiger partial charge in [-0.15, -0.1) is 5.10 Å². The molecule has 9 heteroatoms. The van der Waals surface area contributed by atoms with E-state index in [0.717, 1.165) is 5.69 Å². The van der Waals surface area contributed by atoms with Crippen LogP contribution in [0.2, 0.25) is 5.02 Å². The molecule has 0 atom stereocenters. The third kappa shape index (κ3) is 3.49. The van der Waals surface area contributed by atoms with Crippen molar-refractivity contribution in [2.45, 2.75) is 16.3 Å². The van der Waals surface area contributed by atoms with Crippen LogP contribution in [0.3, 0.4) is 0 Å². The smallest absolute Gasteiger partial charge is 0.206 e. The maximum Gasteiger partial charge on any atom is 0.206 e. The molecule has 3 aromatic rings. The van der Waals surface area contributed by atoms with Crippen LogP contribution in [0.25, 0.3) is 0 Å². The Morgan fingerprint density at radius 3 is 2.17 bits per heavy atom. The summed E-state index contributed by atoms with van der Waals surface area (Å²) in [6.07, 6.45) is 0. The van der Waals surface area contributed by atoms with Crippen LogP contribution in [-0.2, 0) is 16.4 Å². The van der Waals surface area contributed by atoms with Gasteiger partial charge in [-0.3, -0.25) is 0 Å². The Kier molecular flexibility index (Phi) is 4.26. The predicted molar refractivity (Wildman–Crippen MR) is 84.9 cm³/mol. The van der Waals surface area contributed by atoms with Crippen LogP contribution >= 0.6 is 11.6 Å². The number of halogens is 1. The van der Waals surface area contributed by atoms with Gasteiger partial charge in [-0.1, -0.05) is 11.6 Å². The molecule has 0 aliphatic rings. The maximum atomic E-state index is 12.5. The molecular weight excluding hydrogens is 338 g/mol. The number of sulfone groups is 1. The molecule has 0 saturated carbocycles. The molecule has 0 aliphatic heterocycles. The summed E-state index contributed by atoms with van der Waals surface area (Å²) in [4.78, 5) is 0.419. The van der Waals surface area contributed by atoms with E-state index >= 15 is 0 Å². The van der Waals surface area contributed by atoms with Gasteiger partial charge in [0.2, 0.25) is 9.84 Å². The van der Waals surface area contributed by atoms with Crippen molar-refractivity contribution < 1.29 is 8.42 Å². The Morgan fingerprint density at radius 1 is 1.00 bits per heavy atom. The first-order valence-electron chi connectivity index (χ1n) is 6.63. The highest BCUT2D eigenvalue weighted by molar-refractivity contribution is 7.91. The SMILES string of the molecule is O=S(=O)(c1ccc(Cl)cc1)c1ccc(NCc2nnn[nH]2)cc1. The number of anilines is 1.